The van der Waals surface area contributed by atoms with Gasteiger partial charge in [-0.25, -0.2) is 4.99 Å². The molecule has 31 heavy (non-hydrogen) atoms. The van der Waals surface area contributed by atoms with E-state index in [4.69, 9.17) is 14.0 Å². The molecular formula is C24H38N2O4S. The van der Waals surface area contributed by atoms with Gasteiger partial charge in [-0.05, 0) is 61.7 Å². The lowest BCUT2D eigenvalue weighted by molar-refractivity contribution is 0.321. The van der Waals surface area contributed by atoms with Crippen LogP contribution in [0.1, 0.15) is 84.1 Å². The molecule has 0 fully saturated rings. The Morgan fingerprint density at radius 3 is 1.77 bits per heavy atom. The Kier molecular flexibility index (Phi) is 10.6. The molecule has 0 radical (unpaired) electrons. The van der Waals surface area contributed by atoms with Crippen molar-refractivity contribution in [2.45, 2.75) is 72.3 Å². The zero-order chi connectivity index (χ0) is 23.8. The fourth-order valence-electron chi connectivity index (χ4n) is 3.19. The molecule has 0 aliphatic carbocycles. The van der Waals surface area contributed by atoms with Gasteiger partial charge in [0.05, 0.1) is 11.4 Å². The van der Waals surface area contributed by atoms with Crippen LogP contribution in [0.15, 0.2) is 44.8 Å². The Morgan fingerprint density at radius 1 is 0.968 bits per heavy atom. The highest BCUT2D eigenvalue weighted by atomic mass is 32.2. The molecule has 7 heteroatoms. The SMILES string of the molecule is CC(=Nc1c(C(C)C)cccc1C(C)C)c1ccc(S(=O)(=O)O)o1.CCN(CC)CC. The number of para-hydroxylation sites is 1. The minimum absolute atomic E-state index is 0.306. The molecule has 0 saturated carbocycles. The molecule has 2 aromatic rings. The number of hydrogen-bond donors (Lipinski definition) is 1. The average molecular weight is 451 g/mol. The Hall–Kier alpha value is -1.96. The van der Waals surface area contributed by atoms with Crippen LogP contribution in [-0.2, 0) is 10.1 Å². The summed E-state index contributed by atoms with van der Waals surface area (Å²) >= 11 is 0. The fraction of sp³-hybridized carbons (Fsp3) is 0.542. The summed E-state index contributed by atoms with van der Waals surface area (Å²) in [5, 5.41) is -0.478. The second kappa shape index (κ2) is 12.2. The van der Waals surface area contributed by atoms with E-state index < -0.39 is 15.2 Å². The Labute approximate surface area is 188 Å². The molecule has 0 aliphatic heterocycles. The second-order valence-corrected chi connectivity index (χ2v) is 9.36. The van der Waals surface area contributed by atoms with Crippen LogP contribution in [-0.4, -0.2) is 43.2 Å². The molecule has 1 aromatic carbocycles. The summed E-state index contributed by atoms with van der Waals surface area (Å²) in [5.41, 5.74) is 3.70. The highest BCUT2D eigenvalue weighted by Gasteiger charge is 2.18. The maximum Gasteiger partial charge on any atom is 0.328 e. The van der Waals surface area contributed by atoms with Crippen molar-refractivity contribution in [2.24, 2.45) is 4.99 Å². The zero-order valence-corrected chi connectivity index (χ0v) is 21.0. The maximum atomic E-state index is 11.1. The first-order valence-corrected chi connectivity index (χ1v) is 12.4. The van der Waals surface area contributed by atoms with Crippen molar-refractivity contribution in [3.63, 3.8) is 0 Å². The summed E-state index contributed by atoms with van der Waals surface area (Å²) in [5.74, 6) is 0.927. The van der Waals surface area contributed by atoms with Crippen LogP contribution >= 0.6 is 0 Å². The van der Waals surface area contributed by atoms with E-state index in [2.05, 4.69) is 65.5 Å². The van der Waals surface area contributed by atoms with Crippen LogP contribution in [0.25, 0.3) is 0 Å². The molecule has 0 saturated heterocycles. The summed E-state index contributed by atoms with van der Waals surface area (Å²) in [6, 6.07) is 8.85. The quantitative estimate of drug-likeness (QED) is 0.379. The van der Waals surface area contributed by atoms with Gasteiger partial charge in [-0.1, -0.05) is 66.7 Å². The summed E-state index contributed by atoms with van der Waals surface area (Å²) in [4.78, 5) is 7.09. The van der Waals surface area contributed by atoms with Crippen LogP contribution in [0.3, 0.4) is 0 Å². The van der Waals surface area contributed by atoms with Gasteiger partial charge in [-0.15, -0.1) is 0 Å². The highest BCUT2D eigenvalue weighted by Crippen LogP contribution is 2.35. The van der Waals surface area contributed by atoms with E-state index in [1.807, 2.05) is 6.07 Å². The van der Waals surface area contributed by atoms with Crippen LogP contribution in [0.5, 0.6) is 0 Å². The van der Waals surface area contributed by atoms with Gasteiger partial charge in [0, 0.05) is 0 Å². The molecule has 1 heterocycles. The van der Waals surface area contributed by atoms with Crippen molar-refractivity contribution in [1.82, 2.24) is 4.90 Å². The molecular weight excluding hydrogens is 412 g/mol. The van der Waals surface area contributed by atoms with Gasteiger partial charge in [0.1, 0.15) is 5.76 Å². The average Bonchev–Trinajstić information content (AvgIpc) is 3.20. The van der Waals surface area contributed by atoms with Crippen molar-refractivity contribution < 1.29 is 17.4 Å². The van der Waals surface area contributed by atoms with Crippen molar-refractivity contribution in [3.8, 4) is 0 Å². The molecule has 0 atom stereocenters. The van der Waals surface area contributed by atoms with Gasteiger partial charge in [-0.3, -0.25) is 4.55 Å². The van der Waals surface area contributed by atoms with Gasteiger partial charge in [0.25, 0.3) is 0 Å². The Balaban J connectivity index is 0.000000592. The van der Waals surface area contributed by atoms with Crippen molar-refractivity contribution >= 4 is 21.5 Å². The monoisotopic (exact) mass is 450 g/mol. The molecule has 0 aliphatic rings. The summed E-state index contributed by atoms with van der Waals surface area (Å²) in [6.45, 7) is 20.3. The molecule has 1 aromatic heterocycles. The van der Waals surface area contributed by atoms with E-state index in [-0.39, 0.29) is 0 Å². The first-order valence-electron chi connectivity index (χ1n) is 10.9. The molecule has 174 valence electrons. The predicted octanol–water partition coefficient (Wildman–Crippen LogP) is 6.26. The standard InChI is InChI=1S/C18H23NO4S.C6H15N/c1-11(2)14-7-6-8-15(12(3)4)18(14)19-13(5)16-9-10-17(23-16)24(20,21)22;1-4-7(5-2)6-3/h6-12H,1-5H3,(H,20,21,22);4-6H2,1-3H3. The molecule has 2 rings (SSSR count). The smallest absolute Gasteiger partial charge is 0.328 e. The largest absolute Gasteiger partial charge is 0.441 e. The van der Waals surface area contributed by atoms with E-state index in [1.165, 1.54) is 31.8 Å². The van der Waals surface area contributed by atoms with E-state index in [1.54, 1.807) is 6.92 Å². The Morgan fingerprint density at radius 2 is 1.45 bits per heavy atom. The molecule has 0 bridgehead atoms. The Bertz CT molecular complexity index is 924. The third-order valence-electron chi connectivity index (χ3n) is 5.16. The number of hydrogen-bond acceptors (Lipinski definition) is 5. The maximum absolute atomic E-state index is 11.1. The molecule has 0 unspecified atom stereocenters. The molecule has 0 amide bonds. The van der Waals surface area contributed by atoms with Crippen molar-refractivity contribution in [3.05, 3.63) is 47.2 Å². The predicted molar refractivity (Wildman–Crippen MR) is 128 cm³/mol. The van der Waals surface area contributed by atoms with E-state index in [0.717, 1.165) is 16.8 Å². The van der Waals surface area contributed by atoms with E-state index in [9.17, 15) is 8.42 Å². The summed E-state index contributed by atoms with van der Waals surface area (Å²) in [7, 11) is -4.35. The number of aliphatic imine (C=N–C) groups is 1. The first kappa shape index (κ1) is 27.1. The van der Waals surface area contributed by atoms with Gasteiger partial charge in [-0.2, -0.15) is 8.42 Å². The van der Waals surface area contributed by atoms with Crippen LogP contribution < -0.4 is 0 Å². The van der Waals surface area contributed by atoms with Gasteiger partial charge < -0.3 is 9.32 Å². The fourth-order valence-corrected chi connectivity index (χ4v) is 3.62. The molecule has 0 spiro atoms. The summed E-state index contributed by atoms with van der Waals surface area (Å²) < 4.78 is 36.5. The normalized spacial score (nSPS) is 12.5. The highest BCUT2D eigenvalue weighted by molar-refractivity contribution is 7.85. The number of nitrogens with zero attached hydrogens (tertiary/aromatic N) is 2. The van der Waals surface area contributed by atoms with E-state index in [0.29, 0.717) is 23.3 Å². The van der Waals surface area contributed by atoms with Gasteiger partial charge in [0.15, 0.2) is 0 Å². The van der Waals surface area contributed by atoms with Crippen LogP contribution in [0.2, 0.25) is 0 Å². The lowest BCUT2D eigenvalue weighted by Gasteiger charge is -2.16. The van der Waals surface area contributed by atoms with Crippen LogP contribution in [0.4, 0.5) is 5.69 Å². The van der Waals surface area contributed by atoms with Crippen molar-refractivity contribution in [2.75, 3.05) is 19.6 Å². The molecule has 1 N–H and O–H groups in total. The number of rotatable bonds is 8. The van der Waals surface area contributed by atoms with E-state index >= 15 is 0 Å². The minimum atomic E-state index is -4.35. The third-order valence-corrected chi connectivity index (χ3v) is 5.88. The number of benzene rings is 1. The summed E-state index contributed by atoms with van der Waals surface area (Å²) in [6.07, 6.45) is 0. The third kappa shape index (κ3) is 7.91. The van der Waals surface area contributed by atoms with Gasteiger partial charge in [0.2, 0.25) is 5.09 Å². The first-order chi connectivity index (χ1) is 14.5. The second-order valence-electron chi connectivity index (χ2n) is 8.00. The lowest BCUT2D eigenvalue weighted by Crippen LogP contribution is -2.21. The minimum Gasteiger partial charge on any atom is -0.441 e. The molecule has 6 nitrogen and oxygen atoms in total. The van der Waals surface area contributed by atoms with Crippen LogP contribution in [0, 0.1) is 0 Å². The lowest BCUT2D eigenvalue weighted by atomic mass is 9.93. The topological polar surface area (TPSA) is 83.1 Å². The van der Waals surface area contributed by atoms with Crippen molar-refractivity contribution in [1.29, 1.82) is 0 Å². The van der Waals surface area contributed by atoms with Gasteiger partial charge >= 0.3 is 10.1 Å². The zero-order valence-electron chi connectivity index (χ0n) is 20.1. The number of furan rings is 1.